The van der Waals surface area contributed by atoms with E-state index in [1.807, 2.05) is 0 Å². The summed E-state index contributed by atoms with van der Waals surface area (Å²) in [4.78, 5) is 11.0. The van der Waals surface area contributed by atoms with Crippen LogP contribution in [0.15, 0.2) is 24.3 Å². The number of phenolic OH excluding ortho intramolecular Hbond substituents is 1. The van der Waals surface area contributed by atoms with E-state index in [4.69, 9.17) is 16.3 Å². The van der Waals surface area contributed by atoms with Gasteiger partial charge in [0.2, 0.25) is 0 Å². The first-order valence-electron chi connectivity index (χ1n) is 4.34. The van der Waals surface area contributed by atoms with Crippen molar-refractivity contribution in [1.29, 1.82) is 0 Å². The highest BCUT2D eigenvalue weighted by molar-refractivity contribution is 5.67. The fraction of sp³-hybridized carbons (Fsp3) is 0.182. The summed E-state index contributed by atoms with van der Waals surface area (Å²) in [7, 11) is 0. The molecule has 0 aliphatic carbocycles. The lowest BCUT2D eigenvalue weighted by Gasteiger charge is -2.04. The molecule has 1 aromatic rings. The zero-order valence-corrected chi connectivity index (χ0v) is 8.06. The summed E-state index contributed by atoms with van der Waals surface area (Å²) < 4.78 is 4.84. The molecule has 0 aromatic heterocycles. The summed E-state index contributed by atoms with van der Waals surface area (Å²) in [6.45, 7) is 0.297. The minimum absolute atomic E-state index is 0.147. The molecular weight excluding hydrogens is 194 g/mol. The molecule has 1 amide bonds. The van der Waals surface area contributed by atoms with Crippen LogP contribution in [0.1, 0.15) is 5.56 Å². The third kappa shape index (κ3) is 4.05. The maximum atomic E-state index is 11.0. The Morgan fingerprint density at radius 3 is 2.73 bits per heavy atom. The Hall–Kier alpha value is -2.15. The number of phenols is 1. The lowest BCUT2D eigenvalue weighted by atomic mass is 10.2. The van der Waals surface area contributed by atoms with E-state index in [-0.39, 0.29) is 18.9 Å². The molecular formula is C11H11NO3. The van der Waals surface area contributed by atoms with Gasteiger partial charge in [-0.3, -0.25) is 0 Å². The van der Waals surface area contributed by atoms with Gasteiger partial charge in [0.1, 0.15) is 12.4 Å². The number of hydrogen-bond acceptors (Lipinski definition) is 3. The number of amides is 1. The highest BCUT2D eigenvalue weighted by atomic mass is 16.5. The summed E-state index contributed by atoms with van der Waals surface area (Å²) in [6, 6.07) is 6.39. The molecule has 0 atom stereocenters. The molecule has 0 radical (unpaired) electrons. The van der Waals surface area contributed by atoms with Gasteiger partial charge in [-0.25, -0.2) is 4.79 Å². The zero-order chi connectivity index (χ0) is 11.1. The first kappa shape index (κ1) is 10.9. The van der Waals surface area contributed by atoms with Crippen molar-refractivity contribution < 1.29 is 14.6 Å². The highest BCUT2D eigenvalue weighted by Gasteiger charge is 2.00. The van der Waals surface area contributed by atoms with Crippen molar-refractivity contribution in [2.45, 2.75) is 6.61 Å². The second kappa shape index (κ2) is 5.55. The van der Waals surface area contributed by atoms with Crippen LogP contribution >= 0.6 is 0 Å². The topological polar surface area (TPSA) is 58.6 Å². The van der Waals surface area contributed by atoms with E-state index in [9.17, 15) is 4.79 Å². The van der Waals surface area contributed by atoms with Crippen LogP contribution < -0.4 is 5.32 Å². The van der Waals surface area contributed by atoms with E-state index in [1.165, 1.54) is 12.1 Å². The van der Waals surface area contributed by atoms with Gasteiger partial charge in [-0.05, 0) is 17.7 Å². The van der Waals surface area contributed by atoms with Gasteiger partial charge in [0.15, 0.2) is 0 Å². The maximum Gasteiger partial charge on any atom is 0.408 e. The number of ether oxygens (including phenoxy) is 1. The van der Waals surface area contributed by atoms with Crippen molar-refractivity contribution in [2.24, 2.45) is 0 Å². The van der Waals surface area contributed by atoms with E-state index in [0.29, 0.717) is 0 Å². The second-order valence-corrected chi connectivity index (χ2v) is 2.80. The Labute approximate surface area is 87.9 Å². The van der Waals surface area contributed by atoms with Gasteiger partial charge in [0, 0.05) is 0 Å². The van der Waals surface area contributed by atoms with Crippen molar-refractivity contribution in [1.82, 2.24) is 5.32 Å². The Bertz CT molecular complexity index is 364. The van der Waals surface area contributed by atoms with Gasteiger partial charge in [0.05, 0.1) is 6.54 Å². The van der Waals surface area contributed by atoms with Crippen LogP contribution in [0.25, 0.3) is 0 Å². The molecule has 0 saturated carbocycles. The molecule has 0 bridgehead atoms. The van der Waals surface area contributed by atoms with Crippen molar-refractivity contribution in [3.05, 3.63) is 29.8 Å². The summed E-state index contributed by atoms with van der Waals surface area (Å²) in [5, 5.41) is 11.4. The molecule has 0 saturated heterocycles. The summed E-state index contributed by atoms with van der Waals surface area (Å²) in [6.07, 6.45) is 4.40. The number of nitrogens with one attached hydrogen (secondary N) is 1. The molecule has 1 aromatic carbocycles. The van der Waals surface area contributed by atoms with Crippen molar-refractivity contribution in [3.63, 3.8) is 0 Å². The van der Waals surface area contributed by atoms with Gasteiger partial charge < -0.3 is 15.2 Å². The molecule has 0 fully saturated rings. The van der Waals surface area contributed by atoms with Crippen LogP contribution in [0.2, 0.25) is 0 Å². The van der Waals surface area contributed by atoms with E-state index < -0.39 is 6.09 Å². The third-order valence-corrected chi connectivity index (χ3v) is 1.64. The fourth-order valence-corrected chi connectivity index (χ4v) is 0.915. The van der Waals surface area contributed by atoms with Crippen molar-refractivity contribution >= 4 is 6.09 Å². The van der Waals surface area contributed by atoms with Crippen molar-refractivity contribution in [2.75, 3.05) is 6.54 Å². The summed E-state index contributed by atoms with van der Waals surface area (Å²) >= 11 is 0. The lowest BCUT2D eigenvalue weighted by molar-refractivity contribution is 0.141. The highest BCUT2D eigenvalue weighted by Crippen LogP contribution is 2.10. The first-order chi connectivity index (χ1) is 7.22. The number of carbonyl (C=O) groups excluding carboxylic acids is 1. The number of benzene rings is 1. The molecule has 15 heavy (non-hydrogen) atoms. The number of alkyl carbamates (subject to hydrolysis) is 1. The van der Waals surface area contributed by atoms with E-state index >= 15 is 0 Å². The van der Waals surface area contributed by atoms with Crippen LogP contribution in [0.3, 0.4) is 0 Å². The summed E-state index contributed by atoms with van der Waals surface area (Å²) in [5.74, 6) is 2.44. The molecule has 0 aliphatic heterocycles. The number of rotatable bonds is 3. The SMILES string of the molecule is C#CCNC(=O)OCc1ccc(O)cc1. The average Bonchev–Trinajstić information content (AvgIpc) is 2.25. The Morgan fingerprint density at radius 1 is 1.47 bits per heavy atom. The molecule has 0 unspecified atom stereocenters. The van der Waals surface area contributed by atoms with Crippen LogP contribution in [0.4, 0.5) is 4.79 Å². The van der Waals surface area contributed by atoms with Crippen LogP contribution in [-0.2, 0) is 11.3 Å². The molecule has 0 spiro atoms. The standard InChI is InChI=1S/C11H11NO3/c1-2-7-12-11(14)15-8-9-3-5-10(13)6-4-9/h1,3-6,13H,7-8H2,(H,12,14). The Morgan fingerprint density at radius 2 is 2.13 bits per heavy atom. The second-order valence-electron chi connectivity index (χ2n) is 2.80. The first-order valence-corrected chi connectivity index (χ1v) is 4.34. The predicted octanol–water partition coefficient (Wildman–Crippen LogP) is 1.25. The molecule has 4 nitrogen and oxygen atoms in total. The van der Waals surface area contributed by atoms with Gasteiger partial charge in [0.25, 0.3) is 0 Å². The normalized spacial score (nSPS) is 9.00. The van der Waals surface area contributed by atoms with E-state index in [2.05, 4.69) is 11.2 Å². The molecule has 4 heteroatoms. The zero-order valence-electron chi connectivity index (χ0n) is 8.06. The van der Waals surface area contributed by atoms with Gasteiger partial charge in [-0.2, -0.15) is 0 Å². The maximum absolute atomic E-state index is 11.0. The van der Waals surface area contributed by atoms with Gasteiger partial charge in [-0.1, -0.05) is 18.1 Å². The van der Waals surface area contributed by atoms with E-state index in [0.717, 1.165) is 5.56 Å². The van der Waals surface area contributed by atoms with Gasteiger partial charge in [-0.15, -0.1) is 6.42 Å². The van der Waals surface area contributed by atoms with Crippen molar-refractivity contribution in [3.8, 4) is 18.1 Å². The average molecular weight is 205 g/mol. The van der Waals surface area contributed by atoms with E-state index in [1.54, 1.807) is 12.1 Å². The Balaban J connectivity index is 2.34. The minimum atomic E-state index is -0.555. The van der Waals surface area contributed by atoms with Crippen LogP contribution in [0, 0.1) is 12.3 Å². The minimum Gasteiger partial charge on any atom is -0.508 e. The fourth-order valence-electron chi connectivity index (χ4n) is 0.915. The monoisotopic (exact) mass is 205 g/mol. The van der Waals surface area contributed by atoms with Crippen LogP contribution in [0.5, 0.6) is 5.75 Å². The Kier molecular flexibility index (Phi) is 4.05. The smallest absolute Gasteiger partial charge is 0.408 e. The number of carbonyl (C=O) groups is 1. The number of aromatic hydroxyl groups is 1. The molecule has 0 aliphatic rings. The predicted molar refractivity (Wildman–Crippen MR) is 55.1 cm³/mol. The third-order valence-electron chi connectivity index (χ3n) is 1.64. The molecule has 0 heterocycles. The molecule has 78 valence electrons. The summed E-state index contributed by atoms with van der Waals surface area (Å²) in [5.41, 5.74) is 0.795. The van der Waals surface area contributed by atoms with Crippen LogP contribution in [-0.4, -0.2) is 17.7 Å². The molecule has 1 rings (SSSR count). The lowest BCUT2D eigenvalue weighted by Crippen LogP contribution is -2.24. The molecule has 2 N–H and O–H groups in total. The number of hydrogen-bond donors (Lipinski definition) is 2. The number of terminal acetylenes is 1. The van der Waals surface area contributed by atoms with Gasteiger partial charge >= 0.3 is 6.09 Å². The largest absolute Gasteiger partial charge is 0.508 e. The quantitative estimate of drug-likeness (QED) is 0.730.